The van der Waals surface area contributed by atoms with Gasteiger partial charge in [0.1, 0.15) is 5.84 Å². The zero-order chi connectivity index (χ0) is 20.8. The first-order valence-electron chi connectivity index (χ1n) is 10.4. The van der Waals surface area contributed by atoms with E-state index in [1.54, 1.807) is 0 Å². The zero-order valence-electron chi connectivity index (χ0n) is 17.3. The molecule has 2 aliphatic rings. The lowest BCUT2D eigenvalue weighted by atomic mass is 9.82. The summed E-state index contributed by atoms with van der Waals surface area (Å²) in [5, 5.41) is 3.40. The number of hydrogen-bond acceptors (Lipinski definition) is 3. The number of amides is 1. The first-order valence-corrected chi connectivity index (χ1v) is 10.4. The predicted molar refractivity (Wildman–Crippen MR) is 121 cm³/mol. The quantitative estimate of drug-likeness (QED) is 0.703. The standard InChI is InChI=1S/C26H25N3O/c1-25(2)17-27-24-26(20-13-7-4-8-14-20,28-23(30)19-11-5-3-6-12-19)21-15-9-10-16-22(21)29(24)18-25/h3-16H,17-18H2,1-2H3,(H,28,30). The number of fused-ring (bicyclic) bond motifs is 3. The Bertz CT molecular complexity index is 1120. The molecule has 3 aromatic carbocycles. The molecule has 4 heteroatoms. The maximum Gasteiger partial charge on any atom is 0.252 e. The van der Waals surface area contributed by atoms with E-state index in [2.05, 4.69) is 54.4 Å². The van der Waals surface area contributed by atoms with Gasteiger partial charge < -0.3 is 10.2 Å². The number of anilines is 1. The molecule has 5 rings (SSSR count). The molecular weight excluding hydrogens is 370 g/mol. The van der Waals surface area contributed by atoms with Crippen LogP contribution in [-0.2, 0) is 5.54 Å². The van der Waals surface area contributed by atoms with Crippen molar-refractivity contribution in [3.05, 3.63) is 102 Å². The number of nitrogens with zero attached hydrogens (tertiary/aromatic N) is 2. The maximum atomic E-state index is 13.4. The second-order valence-electron chi connectivity index (χ2n) is 8.84. The predicted octanol–water partition coefficient (Wildman–Crippen LogP) is 4.62. The van der Waals surface area contributed by atoms with Crippen LogP contribution >= 0.6 is 0 Å². The molecule has 0 spiro atoms. The van der Waals surface area contributed by atoms with E-state index in [1.807, 2.05) is 54.6 Å². The van der Waals surface area contributed by atoms with Gasteiger partial charge in [-0.05, 0) is 23.8 Å². The Kier molecular flexibility index (Phi) is 4.24. The summed E-state index contributed by atoms with van der Waals surface area (Å²) in [5.74, 6) is 0.794. The Hall–Kier alpha value is -3.40. The molecule has 0 aliphatic carbocycles. The van der Waals surface area contributed by atoms with E-state index in [-0.39, 0.29) is 11.3 Å². The van der Waals surface area contributed by atoms with Gasteiger partial charge in [0.25, 0.3) is 5.91 Å². The summed E-state index contributed by atoms with van der Waals surface area (Å²) >= 11 is 0. The highest BCUT2D eigenvalue weighted by atomic mass is 16.1. The van der Waals surface area contributed by atoms with Gasteiger partial charge in [-0.3, -0.25) is 9.79 Å². The summed E-state index contributed by atoms with van der Waals surface area (Å²) in [6.07, 6.45) is 0. The Morgan fingerprint density at radius 2 is 1.53 bits per heavy atom. The molecule has 1 N–H and O–H groups in total. The molecule has 30 heavy (non-hydrogen) atoms. The largest absolute Gasteiger partial charge is 0.332 e. The molecule has 0 saturated carbocycles. The van der Waals surface area contributed by atoms with Gasteiger partial charge in [0.2, 0.25) is 0 Å². The lowest BCUT2D eigenvalue weighted by molar-refractivity contribution is 0.0932. The Labute approximate surface area is 177 Å². The SMILES string of the molecule is CC1(C)CN=C2N(C1)c1ccccc1C2(NC(=O)c1ccccc1)c1ccccc1. The normalized spacial score (nSPS) is 21.4. The fourth-order valence-electron chi connectivity index (χ4n) is 4.59. The van der Waals surface area contributed by atoms with Gasteiger partial charge in [0.05, 0.1) is 0 Å². The van der Waals surface area contributed by atoms with Crippen molar-refractivity contribution >= 4 is 17.4 Å². The van der Waals surface area contributed by atoms with E-state index in [0.29, 0.717) is 5.56 Å². The molecule has 2 aliphatic heterocycles. The molecule has 2 heterocycles. The highest BCUT2D eigenvalue weighted by Crippen LogP contribution is 2.47. The number of carbonyl (C=O) groups excluding carboxylic acids is 1. The number of carbonyl (C=O) groups is 1. The Morgan fingerprint density at radius 3 is 2.27 bits per heavy atom. The molecule has 0 fully saturated rings. The monoisotopic (exact) mass is 395 g/mol. The number of hydrogen-bond donors (Lipinski definition) is 1. The fraction of sp³-hybridized carbons (Fsp3) is 0.231. The molecule has 1 unspecified atom stereocenters. The van der Waals surface area contributed by atoms with Gasteiger partial charge in [-0.25, -0.2) is 0 Å². The first kappa shape index (κ1) is 18.6. The molecule has 150 valence electrons. The highest BCUT2D eigenvalue weighted by Gasteiger charge is 2.53. The van der Waals surface area contributed by atoms with Crippen molar-refractivity contribution in [1.82, 2.24) is 5.32 Å². The van der Waals surface area contributed by atoms with Crippen LogP contribution in [0.1, 0.15) is 35.3 Å². The smallest absolute Gasteiger partial charge is 0.252 e. The van der Waals surface area contributed by atoms with E-state index in [1.165, 1.54) is 0 Å². The molecule has 4 nitrogen and oxygen atoms in total. The van der Waals surface area contributed by atoms with E-state index in [4.69, 9.17) is 4.99 Å². The van der Waals surface area contributed by atoms with Crippen LogP contribution in [0.3, 0.4) is 0 Å². The van der Waals surface area contributed by atoms with Crippen molar-refractivity contribution in [2.45, 2.75) is 19.4 Å². The molecule has 1 amide bonds. The minimum absolute atomic E-state index is 0.0623. The van der Waals surface area contributed by atoms with Gasteiger partial charge >= 0.3 is 0 Å². The van der Waals surface area contributed by atoms with Crippen molar-refractivity contribution in [2.24, 2.45) is 10.4 Å². The second-order valence-corrected chi connectivity index (χ2v) is 8.84. The van der Waals surface area contributed by atoms with Crippen LogP contribution in [0.4, 0.5) is 5.69 Å². The summed E-state index contributed by atoms with van der Waals surface area (Å²) in [6.45, 7) is 6.06. The number of para-hydroxylation sites is 1. The average Bonchev–Trinajstić information content (AvgIpc) is 3.04. The third-order valence-electron chi connectivity index (χ3n) is 5.98. The average molecular weight is 396 g/mol. The van der Waals surface area contributed by atoms with Gasteiger partial charge in [0.15, 0.2) is 5.54 Å². The fourth-order valence-corrected chi connectivity index (χ4v) is 4.59. The van der Waals surface area contributed by atoms with Crippen molar-refractivity contribution in [1.29, 1.82) is 0 Å². The van der Waals surface area contributed by atoms with Crippen molar-refractivity contribution in [3.8, 4) is 0 Å². The summed E-state index contributed by atoms with van der Waals surface area (Å²) in [4.78, 5) is 20.8. The third kappa shape index (κ3) is 2.83. The lowest BCUT2D eigenvalue weighted by Gasteiger charge is -2.40. The van der Waals surface area contributed by atoms with Crippen molar-refractivity contribution < 1.29 is 4.79 Å². The topological polar surface area (TPSA) is 44.7 Å². The molecule has 0 aromatic heterocycles. The third-order valence-corrected chi connectivity index (χ3v) is 5.98. The van der Waals surface area contributed by atoms with Gasteiger partial charge in [-0.2, -0.15) is 0 Å². The van der Waals surface area contributed by atoms with Gasteiger partial charge in [-0.15, -0.1) is 0 Å². The molecule has 1 atom stereocenters. The minimum atomic E-state index is -0.818. The Balaban J connectivity index is 1.74. The van der Waals surface area contributed by atoms with E-state index in [0.717, 1.165) is 35.7 Å². The van der Waals surface area contributed by atoms with Crippen LogP contribution < -0.4 is 10.2 Å². The molecular formula is C26H25N3O. The summed E-state index contributed by atoms with van der Waals surface area (Å²) < 4.78 is 0. The number of aliphatic imine (C=N–C) groups is 1. The van der Waals surface area contributed by atoms with Crippen molar-refractivity contribution in [3.63, 3.8) is 0 Å². The van der Waals surface area contributed by atoms with Crippen LogP contribution in [0.2, 0.25) is 0 Å². The van der Waals surface area contributed by atoms with Crippen molar-refractivity contribution in [2.75, 3.05) is 18.0 Å². The van der Waals surface area contributed by atoms with Gasteiger partial charge in [0, 0.05) is 35.3 Å². The zero-order valence-corrected chi connectivity index (χ0v) is 17.3. The first-order chi connectivity index (χ1) is 14.5. The van der Waals surface area contributed by atoms with Crippen LogP contribution in [0.15, 0.2) is 89.9 Å². The summed E-state index contributed by atoms with van der Waals surface area (Å²) in [5.41, 5.74) is 3.08. The Morgan fingerprint density at radius 1 is 0.900 bits per heavy atom. The molecule has 0 bridgehead atoms. The lowest BCUT2D eigenvalue weighted by Crippen LogP contribution is -2.57. The number of nitrogens with one attached hydrogen (secondary N) is 1. The van der Waals surface area contributed by atoms with Crippen LogP contribution in [0.5, 0.6) is 0 Å². The highest BCUT2D eigenvalue weighted by molar-refractivity contribution is 6.16. The van der Waals surface area contributed by atoms with E-state index >= 15 is 0 Å². The van der Waals surface area contributed by atoms with E-state index in [9.17, 15) is 4.79 Å². The molecule has 0 saturated heterocycles. The van der Waals surface area contributed by atoms with Crippen LogP contribution in [0.25, 0.3) is 0 Å². The van der Waals surface area contributed by atoms with Crippen LogP contribution in [0, 0.1) is 5.41 Å². The minimum Gasteiger partial charge on any atom is -0.332 e. The molecule has 3 aromatic rings. The van der Waals surface area contributed by atoms with E-state index < -0.39 is 5.54 Å². The number of benzene rings is 3. The second kappa shape index (κ2) is 6.84. The summed E-state index contributed by atoms with van der Waals surface area (Å²) in [7, 11) is 0. The summed E-state index contributed by atoms with van der Waals surface area (Å²) in [6, 6.07) is 27.9. The molecule has 0 radical (unpaired) electrons. The number of rotatable bonds is 3. The van der Waals surface area contributed by atoms with Gasteiger partial charge in [-0.1, -0.05) is 80.6 Å². The van der Waals surface area contributed by atoms with Crippen LogP contribution in [-0.4, -0.2) is 24.8 Å². The number of amidine groups is 1. The maximum absolute atomic E-state index is 13.4.